The highest BCUT2D eigenvalue weighted by atomic mass is 32.1. The van der Waals surface area contributed by atoms with E-state index in [9.17, 15) is 4.79 Å². The molecule has 0 aliphatic carbocycles. The summed E-state index contributed by atoms with van der Waals surface area (Å²) in [7, 11) is 1.70. The Morgan fingerprint density at radius 1 is 0.875 bits per heavy atom. The van der Waals surface area contributed by atoms with Gasteiger partial charge >= 0.3 is 0 Å². The van der Waals surface area contributed by atoms with Crippen molar-refractivity contribution in [2.24, 2.45) is 0 Å². The van der Waals surface area contributed by atoms with Gasteiger partial charge in [0.15, 0.2) is 0 Å². The van der Waals surface area contributed by atoms with Gasteiger partial charge in [-0.15, -0.1) is 0 Å². The van der Waals surface area contributed by atoms with Crippen molar-refractivity contribution in [3.8, 4) is 0 Å². The van der Waals surface area contributed by atoms with Gasteiger partial charge in [-0.1, -0.05) is 91.0 Å². The fourth-order valence-electron chi connectivity index (χ4n) is 5.23. The van der Waals surface area contributed by atoms with Gasteiger partial charge in [-0.25, -0.2) is 4.98 Å². The van der Waals surface area contributed by atoms with Crippen molar-refractivity contribution in [1.82, 2.24) is 19.2 Å². The molecule has 4 aromatic rings. The molecule has 1 saturated heterocycles. The van der Waals surface area contributed by atoms with Crippen molar-refractivity contribution in [1.29, 1.82) is 0 Å². The van der Waals surface area contributed by atoms with E-state index in [0.29, 0.717) is 32.5 Å². The van der Waals surface area contributed by atoms with E-state index < -0.39 is 0 Å². The second-order valence-electron chi connectivity index (χ2n) is 10.0. The summed E-state index contributed by atoms with van der Waals surface area (Å²) in [6.07, 6.45) is 1.14. The first-order valence-electron chi connectivity index (χ1n) is 13.9. The number of hydrogen-bond acceptors (Lipinski definition) is 7. The van der Waals surface area contributed by atoms with Gasteiger partial charge in [0, 0.05) is 70.8 Å². The number of ether oxygens (including phenoxy) is 1. The number of carbonyl (C=O) groups is 1. The van der Waals surface area contributed by atoms with Crippen molar-refractivity contribution in [3.05, 3.63) is 114 Å². The zero-order valence-electron chi connectivity index (χ0n) is 23.1. The highest BCUT2D eigenvalue weighted by Gasteiger charge is 2.28. The maximum atomic E-state index is 13.3. The van der Waals surface area contributed by atoms with E-state index in [1.165, 1.54) is 28.2 Å². The zero-order valence-corrected chi connectivity index (χ0v) is 23.9. The van der Waals surface area contributed by atoms with Gasteiger partial charge in [0.1, 0.15) is 5.82 Å². The minimum absolute atomic E-state index is 0.187. The molecular weight excluding hydrogens is 518 g/mol. The van der Waals surface area contributed by atoms with Crippen LogP contribution < -0.4 is 4.90 Å². The number of hydrogen-bond donors (Lipinski definition) is 0. The molecule has 5 rings (SSSR count). The Morgan fingerprint density at radius 3 is 2.08 bits per heavy atom. The van der Waals surface area contributed by atoms with E-state index in [4.69, 9.17) is 9.72 Å². The van der Waals surface area contributed by atoms with E-state index in [-0.39, 0.29) is 11.9 Å². The summed E-state index contributed by atoms with van der Waals surface area (Å²) < 4.78 is 9.92. The highest BCUT2D eigenvalue weighted by molar-refractivity contribution is 7.09. The van der Waals surface area contributed by atoms with Crippen LogP contribution in [0.5, 0.6) is 0 Å². The van der Waals surface area contributed by atoms with Crippen molar-refractivity contribution in [2.75, 3.05) is 57.9 Å². The van der Waals surface area contributed by atoms with Crippen LogP contribution in [0.4, 0.5) is 5.13 Å². The van der Waals surface area contributed by atoms with Gasteiger partial charge in [0.2, 0.25) is 11.0 Å². The van der Waals surface area contributed by atoms with Gasteiger partial charge in [-0.05, 0) is 16.7 Å². The van der Waals surface area contributed by atoms with Crippen LogP contribution in [0.15, 0.2) is 91.0 Å². The SMILES string of the molecule is COCCN(CCC(=O)N1CCN(C(c2ccccc2)c2ccccc2)CC1)c1nc(Cc2ccccc2)ns1. The molecule has 1 amide bonds. The summed E-state index contributed by atoms with van der Waals surface area (Å²) in [6.45, 7) is 4.98. The van der Waals surface area contributed by atoms with Gasteiger partial charge in [0.05, 0.1) is 12.6 Å². The van der Waals surface area contributed by atoms with Crippen molar-refractivity contribution in [2.45, 2.75) is 18.9 Å². The lowest BCUT2D eigenvalue weighted by Crippen LogP contribution is -2.50. The molecular formula is C32H37N5O2S. The van der Waals surface area contributed by atoms with Gasteiger partial charge in [0.25, 0.3) is 0 Å². The third-order valence-corrected chi connectivity index (χ3v) is 8.17. The normalized spacial score (nSPS) is 14.0. The number of anilines is 1. The van der Waals surface area contributed by atoms with Crippen LogP contribution >= 0.6 is 11.5 Å². The van der Waals surface area contributed by atoms with Gasteiger partial charge < -0.3 is 14.5 Å². The molecule has 0 bridgehead atoms. The second-order valence-corrected chi connectivity index (χ2v) is 10.8. The summed E-state index contributed by atoms with van der Waals surface area (Å²) in [5.74, 6) is 0.995. The maximum absolute atomic E-state index is 13.3. The molecule has 2 heterocycles. The quantitative estimate of drug-likeness (QED) is 0.248. The summed E-state index contributed by atoms with van der Waals surface area (Å²) in [6, 6.07) is 31.7. The van der Waals surface area contributed by atoms with Crippen LogP contribution in [0.25, 0.3) is 0 Å². The lowest BCUT2D eigenvalue weighted by molar-refractivity contribution is -0.133. The Balaban J connectivity index is 1.18. The maximum Gasteiger partial charge on any atom is 0.224 e. The number of aromatic nitrogens is 2. The van der Waals surface area contributed by atoms with Crippen LogP contribution in [0, 0.1) is 0 Å². The number of rotatable bonds is 12. The first-order chi connectivity index (χ1) is 19.7. The third-order valence-electron chi connectivity index (χ3n) is 7.36. The Labute approximate surface area is 241 Å². The highest BCUT2D eigenvalue weighted by Crippen LogP contribution is 2.29. The molecule has 0 atom stereocenters. The molecule has 3 aromatic carbocycles. The Morgan fingerprint density at radius 2 is 1.48 bits per heavy atom. The smallest absolute Gasteiger partial charge is 0.224 e. The summed E-state index contributed by atoms with van der Waals surface area (Å²) in [4.78, 5) is 24.7. The molecule has 1 aliphatic heterocycles. The first-order valence-corrected chi connectivity index (χ1v) is 14.7. The molecule has 0 radical (unpaired) electrons. The third kappa shape index (κ3) is 7.33. The molecule has 1 fully saturated rings. The molecule has 208 valence electrons. The van der Waals surface area contributed by atoms with Crippen LogP contribution in [-0.4, -0.2) is 78.0 Å². The molecule has 1 aliphatic rings. The zero-order chi connectivity index (χ0) is 27.6. The van der Waals surface area contributed by atoms with Crippen LogP contribution in [0.3, 0.4) is 0 Å². The second kappa shape index (κ2) is 14.2. The first kappa shape index (κ1) is 28.0. The topological polar surface area (TPSA) is 61.8 Å². The molecule has 0 spiro atoms. The minimum atomic E-state index is 0.187. The lowest BCUT2D eigenvalue weighted by Gasteiger charge is -2.40. The predicted octanol–water partition coefficient (Wildman–Crippen LogP) is 4.91. The number of methoxy groups -OCH3 is 1. The Bertz CT molecular complexity index is 1270. The number of nitrogens with zero attached hydrogens (tertiary/aromatic N) is 5. The van der Waals surface area contributed by atoms with Gasteiger partial charge in [-0.3, -0.25) is 9.69 Å². The Hall–Kier alpha value is -3.59. The number of carbonyl (C=O) groups excluding carboxylic acids is 1. The fraction of sp³-hybridized carbons (Fsp3) is 0.344. The standard InChI is InChI=1S/C32H37N5O2S/c1-39-24-23-37(32-33-29(34-40-32)25-26-11-5-2-6-12-26)18-17-30(38)35-19-21-36(22-20-35)31(27-13-7-3-8-14-27)28-15-9-4-10-16-28/h2-16,31H,17-25H2,1H3. The molecule has 0 unspecified atom stereocenters. The fourth-order valence-corrected chi connectivity index (χ4v) is 5.97. The van der Waals surface area contributed by atoms with E-state index in [1.54, 1.807) is 7.11 Å². The molecule has 0 saturated carbocycles. The molecule has 1 aromatic heterocycles. The monoisotopic (exact) mass is 555 g/mol. The molecule has 0 N–H and O–H groups in total. The minimum Gasteiger partial charge on any atom is -0.383 e. The van der Waals surface area contributed by atoms with Crippen molar-refractivity contribution in [3.63, 3.8) is 0 Å². The predicted molar refractivity (Wildman–Crippen MR) is 161 cm³/mol. The number of amides is 1. The summed E-state index contributed by atoms with van der Waals surface area (Å²) in [5, 5.41) is 0.842. The largest absolute Gasteiger partial charge is 0.383 e. The van der Waals surface area contributed by atoms with Crippen LogP contribution in [-0.2, 0) is 16.0 Å². The van der Waals surface area contributed by atoms with E-state index in [0.717, 1.165) is 37.1 Å². The average molecular weight is 556 g/mol. The van der Waals surface area contributed by atoms with Crippen molar-refractivity contribution >= 4 is 22.6 Å². The molecule has 7 nitrogen and oxygen atoms in total. The summed E-state index contributed by atoms with van der Waals surface area (Å²) in [5.41, 5.74) is 3.75. The average Bonchev–Trinajstić information content (AvgIpc) is 3.47. The number of benzene rings is 3. The van der Waals surface area contributed by atoms with Crippen LogP contribution in [0.2, 0.25) is 0 Å². The van der Waals surface area contributed by atoms with Crippen molar-refractivity contribution < 1.29 is 9.53 Å². The molecule has 40 heavy (non-hydrogen) atoms. The number of piperazine rings is 1. The van der Waals surface area contributed by atoms with Crippen LogP contribution in [0.1, 0.15) is 35.0 Å². The van der Waals surface area contributed by atoms with Gasteiger partial charge in [-0.2, -0.15) is 4.37 Å². The summed E-state index contributed by atoms with van der Waals surface area (Å²) >= 11 is 1.39. The van der Waals surface area contributed by atoms with E-state index in [2.05, 4.69) is 87.0 Å². The molecule has 8 heteroatoms. The van der Waals surface area contributed by atoms with E-state index in [1.807, 2.05) is 23.1 Å². The Kier molecular flexibility index (Phi) is 9.90. The van der Waals surface area contributed by atoms with E-state index >= 15 is 0 Å². The lowest BCUT2D eigenvalue weighted by atomic mass is 9.96.